The lowest BCUT2D eigenvalue weighted by Crippen LogP contribution is -2.10. The summed E-state index contributed by atoms with van der Waals surface area (Å²) < 4.78 is 13.7. The number of halogens is 2. The Labute approximate surface area is 117 Å². The van der Waals surface area contributed by atoms with Crippen LogP contribution >= 0.6 is 11.6 Å². The van der Waals surface area contributed by atoms with E-state index >= 15 is 0 Å². The molecule has 0 saturated heterocycles. The van der Waals surface area contributed by atoms with Gasteiger partial charge in [0.2, 0.25) is 0 Å². The third kappa shape index (κ3) is 3.34. The van der Waals surface area contributed by atoms with Crippen molar-refractivity contribution in [1.82, 2.24) is 0 Å². The summed E-state index contributed by atoms with van der Waals surface area (Å²) >= 11 is 5.89. The van der Waals surface area contributed by atoms with Crippen molar-refractivity contribution in [2.75, 3.05) is 6.61 Å². The van der Waals surface area contributed by atoms with Gasteiger partial charge in [-0.05, 0) is 48.2 Å². The summed E-state index contributed by atoms with van der Waals surface area (Å²) in [5.74, 6) is -0.398. The van der Waals surface area contributed by atoms with Crippen LogP contribution in [-0.4, -0.2) is 11.7 Å². The van der Waals surface area contributed by atoms with Crippen molar-refractivity contribution in [3.8, 4) is 0 Å². The first-order valence-corrected chi connectivity index (χ1v) is 6.60. The summed E-state index contributed by atoms with van der Waals surface area (Å²) in [6, 6.07) is 12.4. The van der Waals surface area contributed by atoms with Crippen molar-refractivity contribution in [3.05, 3.63) is 70.0 Å². The minimum atomic E-state index is -0.281. The van der Waals surface area contributed by atoms with Gasteiger partial charge in [-0.1, -0.05) is 35.9 Å². The first-order valence-electron chi connectivity index (χ1n) is 6.22. The molecule has 1 N–H and O–H groups in total. The average Bonchev–Trinajstić information content (AvgIpc) is 2.41. The number of hydrogen-bond acceptors (Lipinski definition) is 1. The molecule has 2 rings (SSSR count). The molecule has 0 amide bonds. The van der Waals surface area contributed by atoms with Gasteiger partial charge < -0.3 is 5.11 Å². The van der Waals surface area contributed by atoms with Gasteiger partial charge in [-0.15, -0.1) is 0 Å². The molecular weight excluding hydrogens is 263 g/mol. The van der Waals surface area contributed by atoms with Crippen molar-refractivity contribution >= 4 is 11.6 Å². The van der Waals surface area contributed by atoms with Gasteiger partial charge in [-0.2, -0.15) is 0 Å². The smallest absolute Gasteiger partial charge is 0.126 e. The van der Waals surface area contributed by atoms with Crippen LogP contribution in [0.25, 0.3) is 0 Å². The fraction of sp³-hybridized carbons (Fsp3) is 0.250. The zero-order chi connectivity index (χ0) is 13.8. The van der Waals surface area contributed by atoms with E-state index in [0.717, 1.165) is 11.1 Å². The van der Waals surface area contributed by atoms with Crippen LogP contribution in [0.3, 0.4) is 0 Å². The summed E-state index contributed by atoms with van der Waals surface area (Å²) in [5, 5.41) is 10.1. The third-order valence-electron chi connectivity index (χ3n) is 3.32. The summed E-state index contributed by atoms with van der Waals surface area (Å²) in [7, 11) is 0. The zero-order valence-electron chi connectivity index (χ0n) is 10.7. The Morgan fingerprint density at radius 2 is 1.95 bits per heavy atom. The van der Waals surface area contributed by atoms with E-state index in [1.54, 1.807) is 6.07 Å². The van der Waals surface area contributed by atoms with Crippen LogP contribution in [0.4, 0.5) is 4.39 Å². The second-order valence-electron chi connectivity index (χ2n) is 4.68. The fourth-order valence-electron chi connectivity index (χ4n) is 2.28. The molecule has 0 fully saturated rings. The number of aliphatic hydroxyl groups is 1. The largest absolute Gasteiger partial charge is 0.396 e. The second-order valence-corrected chi connectivity index (χ2v) is 5.11. The molecule has 0 heterocycles. The van der Waals surface area contributed by atoms with E-state index in [9.17, 15) is 9.50 Å². The Balaban J connectivity index is 2.29. The lowest BCUT2D eigenvalue weighted by Gasteiger charge is -2.17. The maximum atomic E-state index is 13.7. The van der Waals surface area contributed by atoms with E-state index in [1.807, 2.05) is 31.2 Å². The first-order chi connectivity index (χ1) is 9.11. The molecule has 0 aromatic heterocycles. The minimum absolute atomic E-state index is 0.0171. The monoisotopic (exact) mass is 278 g/mol. The van der Waals surface area contributed by atoms with Crippen molar-refractivity contribution < 1.29 is 9.50 Å². The van der Waals surface area contributed by atoms with Crippen molar-refractivity contribution in [3.63, 3.8) is 0 Å². The Morgan fingerprint density at radius 1 is 1.21 bits per heavy atom. The van der Waals surface area contributed by atoms with E-state index in [1.165, 1.54) is 12.1 Å². The number of aryl methyl sites for hydroxylation is 1. The maximum absolute atomic E-state index is 13.7. The van der Waals surface area contributed by atoms with Gasteiger partial charge in [0, 0.05) is 10.9 Å². The second kappa shape index (κ2) is 6.18. The Kier molecular flexibility index (Phi) is 4.56. The lowest BCUT2D eigenvalue weighted by atomic mass is 9.89. The molecule has 19 heavy (non-hydrogen) atoms. The van der Waals surface area contributed by atoms with E-state index in [-0.39, 0.29) is 18.3 Å². The highest BCUT2D eigenvalue weighted by molar-refractivity contribution is 6.30. The number of rotatable bonds is 4. The molecule has 2 aromatic carbocycles. The topological polar surface area (TPSA) is 20.2 Å². The van der Waals surface area contributed by atoms with E-state index in [4.69, 9.17) is 11.6 Å². The average molecular weight is 279 g/mol. The summed E-state index contributed by atoms with van der Waals surface area (Å²) in [6.45, 7) is 1.98. The van der Waals surface area contributed by atoms with E-state index in [0.29, 0.717) is 17.0 Å². The fourth-order valence-corrected chi connectivity index (χ4v) is 2.48. The van der Waals surface area contributed by atoms with Crippen molar-refractivity contribution in [2.24, 2.45) is 0 Å². The van der Waals surface area contributed by atoms with Crippen LogP contribution in [0.1, 0.15) is 22.6 Å². The highest BCUT2D eigenvalue weighted by Gasteiger charge is 2.15. The van der Waals surface area contributed by atoms with Gasteiger partial charge >= 0.3 is 0 Å². The van der Waals surface area contributed by atoms with Crippen molar-refractivity contribution in [2.45, 2.75) is 19.3 Å². The molecular formula is C16H16ClFO. The standard InChI is InChI=1S/C16H16ClFO/c1-11-4-2-3-5-15(11)13(10-19)8-12-9-14(17)6-7-16(12)18/h2-7,9,13,19H,8,10H2,1H3. The molecule has 1 unspecified atom stereocenters. The lowest BCUT2D eigenvalue weighted by molar-refractivity contribution is 0.263. The third-order valence-corrected chi connectivity index (χ3v) is 3.56. The van der Waals surface area contributed by atoms with Crippen LogP contribution < -0.4 is 0 Å². The number of aliphatic hydroxyl groups excluding tert-OH is 1. The molecule has 2 aromatic rings. The first kappa shape index (κ1) is 14.0. The number of hydrogen-bond donors (Lipinski definition) is 1. The van der Waals surface area contributed by atoms with Gasteiger partial charge in [0.1, 0.15) is 5.82 Å². The summed E-state index contributed by atoms with van der Waals surface area (Å²) in [4.78, 5) is 0. The summed E-state index contributed by atoms with van der Waals surface area (Å²) in [6.07, 6.45) is 0.438. The molecule has 0 saturated carbocycles. The van der Waals surface area contributed by atoms with Gasteiger partial charge in [0.15, 0.2) is 0 Å². The molecule has 1 atom stereocenters. The Morgan fingerprint density at radius 3 is 2.63 bits per heavy atom. The van der Waals surface area contributed by atoms with Crippen molar-refractivity contribution in [1.29, 1.82) is 0 Å². The predicted octanol–water partition coefficient (Wildman–Crippen LogP) is 4.11. The molecule has 3 heteroatoms. The molecule has 1 nitrogen and oxygen atoms in total. The van der Waals surface area contributed by atoms with Crippen LogP contribution in [0.15, 0.2) is 42.5 Å². The van der Waals surface area contributed by atoms with Gasteiger partial charge in [-0.3, -0.25) is 0 Å². The van der Waals surface area contributed by atoms with E-state index in [2.05, 4.69) is 0 Å². The van der Waals surface area contributed by atoms with Crippen LogP contribution in [-0.2, 0) is 6.42 Å². The van der Waals surface area contributed by atoms with Gasteiger partial charge in [0.05, 0.1) is 6.61 Å². The summed E-state index contributed by atoms with van der Waals surface area (Å²) in [5.41, 5.74) is 2.68. The van der Waals surface area contributed by atoms with Crippen LogP contribution in [0, 0.1) is 12.7 Å². The zero-order valence-corrected chi connectivity index (χ0v) is 11.5. The Hall–Kier alpha value is -1.38. The highest BCUT2D eigenvalue weighted by Crippen LogP contribution is 2.26. The molecule has 0 bridgehead atoms. The maximum Gasteiger partial charge on any atom is 0.126 e. The SMILES string of the molecule is Cc1ccccc1C(CO)Cc1cc(Cl)ccc1F. The number of benzene rings is 2. The minimum Gasteiger partial charge on any atom is -0.396 e. The van der Waals surface area contributed by atoms with E-state index < -0.39 is 0 Å². The van der Waals surface area contributed by atoms with Crippen LogP contribution in [0.2, 0.25) is 5.02 Å². The normalized spacial score (nSPS) is 12.4. The predicted molar refractivity (Wildman–Crippen MR) is 76.1 cm³/mol. The molecule has 0 spiro atoms. The molecule has 0 aliphatic rings. The highest BCUT2D eigenvalue weighted by atomic mass is 35.5. The molecule has 0 aliphatic carbocycles. The van der Waals surface area contributed by atoms with Gasteiger partial charge in [0.25, 0.3) is 0 Å². The molecule has 0 radical (unpaired) electrons. The van der Waals surface area contributed by atoms with Crippen LogP contribution in [0.5, 0.6) is 0 Å². The molecule has 0 aliphatic heterocycles. The van der Waals surface area contributed by atoms with Gasteiger partial charge in [-0.25, -0.2) is 4.39 Å². The Bertz CT molecular complexity index is 568. The molecule has 100 valence electrons. The quantitative estimate of drug-likeness (QED) is 0.892.